The maximum atomic E-state index is 12.7. The fourth-order valence-electron chi connectivity index (χ4n) is 2.67. The van der Waals surface area contributed by atoms with E-state index in [4.69, 9.17) is 9.15 Å². The van der Waals surface area contributed by atoms with Crippen LogP contribution in [0.2, 0.25) is 0 Å². The number of rotatable bonds is 3. The van der Waals surface area contributed by atoms with Crippen LogP contribution in [-0.2, 0) is 13.0 Å². The van der Waals surface area contributed by atoms with Gasteiger partial charge in [0, 0.05) is 29.1 Å². The topological polar surface area (TPSA) is 80.0 Å². The van der Waals surface area contributed by atoms with Gasteiger partial charge in [-0.2, -0.15) is 0 Å². The number of hydrogen-bond acceptors (Lipinski definition) is 4. The molecule has 126 valence electrons. The van der Waals surface area contributed by atoms with Crippen LogP contribution in [0.4, 0.5) is 0 Å². The number of carboxylic acid groups (broad SMARTS) is 1. The summed E-state index contributed by atoms with van der Waals surface area (Å²) in [6.07, 6.45) is 0.411. The summed E-state index contributed by atoms with van der Waals surface area (Å²) < 4.78 is 12.0. The van der Waals surface area contributed by atoms with Crippen LogP contribution in [0.3, 0.4) is 0 Å². The Hall–Kier alpha value is -2.28. The van der Waals surface area contributed by atoms with Crippen LogP contribution in [0, 0.1) is 0 Å². The van der Waals surface area contributed by atoms with Gasteiger partial charge in [0.05, 0.1) is 6.54 Å². The Morgan fingerprint density at radius 3 is 2.79 bits per heavy atom. The Bertz CT molecular complexity index is 798. The molecule has 0 unspecified atom stereocenters. The predicted octanol–water partition coefficient (Wildman–Crippen LogP) is 3.34. The van der Waals surface area contributed by atoms with Crippen molar-refractivity contribution in [3.8, 4) is 5.75 Å². The third-order valence-electron chi connectivity index (χ3n) is 3.86. The molecule has 0 spiro atoms. The van der Waals surface area contributed by atoms with Crippen molar-refractivity contribution in [2.24, 2.45) is 0 Å². The van der Waals surface area contributed by atoms with E-state index in [0.29, 0.717) is 31.9 Å². The van der Waals surface area contributed by atoms with E-state index >= 15 is 0 Å². The van der Waals surface area contributed by atoms with Crippen molar-refractivity contribution in [2.75, 3.05) is 13.2 Å². The fourth-order valence-corrected chi connectivity index (χ4v) is 3.08. The van der Waals surface area contributed by atoms with E-state index < -0.39 is 5.97 Å². The lowest BCUT2D eigenvalue weighted by molar-refractivity contribution is 0.0687. The molecule has 2 heterocycles. The van der Waals surface area contributed by atoms with E-state index in [1.54, 1.807) is 11.8 Å². The van der Waals surface area contributed by atoms with Crippen LogP contribution >= 0.6 is 15.9 Å². The molecular weight excluding hydrogens is 378 g/mol. The molecule has 24 heavy (non-hydrogen) atoms. The highest BCUT2D eigenvalue weighted by atomic mass is 79.9. The van der Waals surface area contributed by atoms with E-state index in [1.165, 1.54) is 6.07 Å². The van der Waals surface area contributed by atoms with Gasteiger partial charge in [-0.3, -0.25) is 4.79 Å². The summed E-state index contributed by atoms with van der Waals surface area (Å²) >= 11 is 3.41. The predicted molar refractivity (Wildman–Crippen MR) is 89.4 cm³/mol. The number of hydrogen-bond donors (Lipinski definition) is 1. The molecule has 1 amide bonds. The molecule has 2 aromatic rings. The Labute approximate surface area is 147 Å². The summed E-state index contributed by atoms with van der Waals surface area (Å²) in [6.45, 7) is 2.93. The molecule has 0 saturated heterocycles. The molecule has 1 N–H and O–H groups in total. The number of aromatic carboxylic acids is 1. The summed E-state index contributed by atoms with van der Waals surface area (Å²) in [5.41, 5.74) is 0.922. The molecule has 7 heteroatoms. The van der Waals surface area contributed by atoms with Gasteiger partial charge < -0.3 is 19.2 Å². The zero-order valence-corrected chi connectivity index (χ0v) is 14.6. The molecular formula is C17H16BrNO5. The third kappa shape index (κ3) is 3.17. The van der Waals surface area contributed by atoms with Gasteiger partial charge in [-0.15, -0.1) is 0 Å². The Morgan fingerprint density at radius 1 is 1.33 bits per heavy atom. The number of fused-ring (bicyclic) bond motifs is 1. The van der Waals surface area contributed by atoms with Crippen LogP contribution in [0.15, 0.2) is 33.2 Å². The monoisotopic (exact) mass is 393 g/mol. The molecule has 0 bridgehead atoms. The quantitative estimate of drug-likeness (QED) is 0.864. The normalized spacial score (nSPS) is 13.8. The number of nitrogens with zero attached hydrogens (tertiary/aromatic N) is 1. The van der Waals surface area contributed by atoms with Crippen LogP contribution in [0.25, 0.3) is 0 Å². The molecule has 0 atom stereocenters. The number of halogens is 1. The van der Waals surface area contributed by atoms with Gasteiger partial charge >= 0.3 is 5.97 Å². The summed E-state index contributed by atoms with van der Waals surface area (Å²) in [5, 5.41) is 9.20. The van der Waals surface area contributed by atoms with Gasteiger partial charge in [-0.1, -0.05) is 22.9 Å². The second-order valence-electron chi connectivity index (χ2n) is 5.43. The molecule has 0 aliphatic carbocycles. The number of carboxylic acids is 1. The number of ether oxygens (including phenoxy) is 1. The summed E-state index contributed by atoms with van der Waals surface area (Å²) in [5.74, 6) is -0.340. The molecule has 1 aromatic heterocycles. The second kappa shape index (κ2) is 6.68. The smallest absolute Gasteiger partial charge is 0.339 e. The zero-order chi connectivity index (χ0) is 17.3. The summed E-state index contributed by atoms with van der Waals surface area (Å²) in [6, 6.07) is 6.95. The van der Waals surface area contributed by atoms with Gasteiger partial charge in [0.15, 0.2) is 5.76 Å². The Kier molecular flexibility index (Phi) is 4.62. The minimum Gasteiger partial charge on any atom is -0.491 e. The van der Waals surface area contributed by atoms with Crippen LogP contribution in [0.5, 0.6) is 5.75 Å². The number of benzene rings is 1. The molecule has 3 rings (SSSR count). The molecule has 1 aliphatic heterocycles. The van der Waals surface area contributed by atoms with E-state index in [9.17, 15) is 14.7 Å². The highest BCUT2D eigenvalue weighted by Gasteiger charge is 2.26. The average Bonchev–Trinajstić information content (AvgIpc) is 2.89. The largest absolute Gasteiger partial charge is 0.491 e. The zero-order valence-electron chi connectivity index (χ0n) is 13.0. The molecule has 0 radical (unpaired) electrons. The second-order valence-corrected chi connectivity index (χ2v) is 6.35. The molecule has 0 fully saturated rings. The third-order valence-corrected chi connectivity index (χ3v) is 4.35. The Balaban J connectivity index is 1.88. The summed E-state index contributed by atoms with van der Waals surface area (Å²) in [4.78, 5) is 25.6. The van der Waals surface area contributed by atoms with Crippen molar-refractivity contribution in [2.45, 2.75) is 19.9 Å². The number of amides is 1. The van der Waals surface area contributed by atoms with E-state index in [2.05, 4.69) is 15.9 Å². The van der Waals surface area contributed by atoms with E-state index in [-0.39, 0.29) is 17.2 Å². The first-order valence-corrected chi connectivity index (χ1v) is 8.35. The van der Waals surface area contributed by atoms with Gasteiger partial charge in [0.2, 0.25) is 0 Å². The lowest BCUT2D eigenvalue weighted by Crippen LogP contribution is -2.32. The van der Waals surface area contributed by atoms with Crippen molar-refractivity contribution < 1.29 is 23.8 Å². The van der Waals surface area contributed by atoms with Crippen molar-refractivity contribution in [1.82, 2.24) is 4.90 Å². The first-order chi connectivity index (χ1) is 11.5. The van der Waals surface area contributed by atoms with Gasteiger partial charge in [-0.25, -0.2) is 4.79 Å². The average molecular weight is 394 g/mol. The fraction of sp³-hybridized carbons (Fsp3) is 0.294. The van der Waals surface area contributed by atoms with Crippen LogP contribution < -0.4 is 4.74 Å². The summed E-state index contributed by atoms with van der Waals surface area (Å²) in [7, 11) is 0. The molecule has 1 aromatic carbocycles. The first kappa shape index (κ1) is 16.6. The number of carbonyl (C=O) groups excluding carboxylic acids is 1. The molecule has 6 nitrogen and oxygen atoms in total. The minimum absolute atomic E-state index is 0.0371. The lowest BCUT2D eigenvalue weighted by atomic mass is 10.2. The number of carbonyl (C=O) groups is 2. The SMILES string of the molecule is CCc1oc(C(=O)N2CCOc3ccc(Br)cc3C2)cc1C(=O)O. The molecule has 1 aliphatic rings. The highest BCUT2D eigenvalue weighted by Crippen LogP contribution is 2.27. The highest BCUT2D eigenvalue weighted by molar-refractivity contribution is 9.10. The lowest BCUT2D eigenvalue weighted by Gasteiger charge is -2.18. The van der Waals surface area contributed by atoms with Crippen molar-refractivity contribution >= 4 is 27.8 Å². The van der Waals surface area contributed by atoms with E-state index in [1.807, 2.05) is 18.2 Å². The van der Waals surface area contributed by atoms with Crippen molar-refractivity contribution in [1.29, 1.82) is 0 Å². The number of aryl methyl sites for hydroxylation is 1. The van der Waals surface area contributed by atoms with Crippen LogP contribution in [0.1, 0.15) is 39.2 Å². The molecule has 0 saturated carbocycles. The van der Waals surface area contributed by atoms with Crippen molar-refractivity contribution in [3.05, 3.63) is 51.4 Å². The van der Waals surface area contributed by atoms with Gasteiger partial charge in [0.25, 0.3) is 5.91 Å². The standard InChI is InChI=1S/C17H16BrNO5/c1-2-13-12(17(21)22)8-15(24-13)16(20)19-5-6-23-14-4-3-11(18)7-10(14)9-19/h3-4,7-8H,2,5-6,9H2,1H3,(H,21,22). The van der Waals surface area contributed by atoms with Gasteiger partial charge in [0.1, 0.15) is 23.7 Å². The minimum atomic E-state index is -1.09. The number of furan rings is 1. The van der Waals surface area contributed by atoms with Crippen LogP contribution in [-0.4, -0.2) is 35.0 Å². The first-order valence-electron chi connectivity index (χ1n) is 7.56. The van der Waals surface area contributed by atoms with Crippen molar-refractivity contribution in [3.63, 3.8) is 0 Å². The maximum Gasteiger partial charge on any atom is 0.339 e. The Morgan fingerprint density at radius 2 is 2.12 bits per heavy atom. The maximum absolute atomic E-state index is 12.7. The van der Waals surface area contributed by atoms with E-state index in [0.717, 1.165) is 15.8 Å². The van der Waals surface area contributed by atoms with Gasteiger partial charge in [-0.05, 0) is 18.2 Å².